The summed E-state index contributed by atoms with van der Waals surface area (Å²) in [5, 5.41) is 32.9. The van der Waals surface area contributed by atoms with Crippen molar-refractivity contribution in [2.75, 3.05) is 0 Å². The lowest BCUT2D eigenvalue weighted by atomic mass is 9.87. The second-order valence-corrected chi connectivity index (χ2v) is 8.48. The SMILES string of the molecule is O=[N+]([O-])C1(Br)CC(Br)([N+](=O)[O-])CC(Br)([N+](=O)[O-])C1. The highest BCUT2D eigenvalue weighted by atomic mass is 79.9. The molecule has 1 saturated carbocycles. The quantitative estimate of drug-likeness (QED) is 0.278. The number of rotatable bonds is 3. The maximum Gasteiger partial charge on any atom is 0.290 e. The van der Waals surface area contributed by atoms with Crippen LogP contribution < -0.4 is 0 Å². The second-order valence-electron chi connectivity index (χ2n) is 4.06. The summed E-state index contributed by atoms with van der Waals surface area (Å²) >= 11 is 8.34. The minimum Gasteiger partial charge on any atom is -0.263 e. The lowest BCUT2D eigenvalue weighted by molar-refractivity contribution is -0.622. The number of hydrogen-bond donors (Lipinski definition) is 0. The van der Waals surface area contributed by atoms with Gasteiger partial charge in [0.2, 0.25) is 0 Å². The number of halogens is 3. The molecule has 0 spiro atoms. The van der Waals surface area contributed by atoms with Gasteiger partial charge in [0.25, 0.3) is 13.3 Å². The van der Waals surface area contributed by atoms with Gasteiger partial charge in [0.05, 0.1) is 0 Å². The van der Waals surface area contributed by atoms with Gasteiger partial charge in [-0.3, -0.25) is 30.3 Å². The highest BCUT2D eigenvalue weighted by molar-refractivity contribution is 9.11. The van der Waals surface area contributed by atoms with E-state index < -0.39 is 47.4 Å². The molecule has 0 N–H and O–H groups in total. The Morgan fingerprint density at radius 3 is 0.944 bits per heavy atom. The van der Waals surface area contributed by atoms with Crippen LogP contribution in [0.2, 0.25) is 0 Å². The van der Waals surface area contributed by atoms with E-state index in [2.05, 4.69) is 47.8 Å². The molecule has 0 heterocycles. The van der Waals surface area contributed by atoms with E-state index in [1.54, 1.807) is 0 Å². The van der Waals surface area contributed by atoms with Gasteiger partial charge in [0, 0.05) is 62.6 Å². The molecule has 0 amide bonds. The van der Waals surface area contributed by atoms with Gasteiger partial charge < -0.3 is 0 Å². The van der Waals surface area contributed by atoms with Gasteiger partial charge in [-0.2, -0.15) is 0 Å². The predicted octanol–water partition coefficient (Wildman–Crippen LogP) is 2.27. The third-order valence-corrected chi connectivity index (χ3v) is 5.16. The van der Waals surface area contributed by atoms with Crippen molar-refractivity contribution in [3.05, 3.63) is 30.3 Å². The molecular formula is C6H6Br3N3O6. The molecule has 0 unspecified atom stereocenters. The van der Waals surface area contributed by atoms with Gasteiger partial charge in [-0.05, 0) is 0 Å². The summed E-state index contributed by atoms with van der Waals surface area (Å²) in [5.74, 6) is 0. The van der Waals surface area contributed by atoms with E-state index in [1.807, 2.05) is 0 Å². The van der Waals surface area contributed by atoms with Crippen LogP contribution in [-0.2, 0) is 0 Å². The van der Waals surface area contributed by atoms with E-state index in [9.17, 15) is 30.3 Å². The van der Waals surface area contributed by atoms with Crippen LogP contribution in [0.5, 0.6) is 0 Å². The van der Waals surface area contributed by atoms with Crippen molar-refractivity contribution in [1.82, 2.24) is 0 Å². The third kappa shape index (κ3) is 2.64. The van der Waals surface area contributed by atoms with Gasteiger partial charge in [-0.1, -0.05) is 0 Å². The lowest BCUT2D eigenvalue weighted by Crippen LogP contribution is -2.57. The van der Waals surface area contributed by atoms with Crippen LogP contribution in [0.15, 0.2) is 0 Å². The van der Waals surface area contributed by atoms with Crippen molar-refractivity contribution in [2.24, 2.45) is 0 Å². The van der Waals surface area contributed by atoms with E-state index >= 15 is 0 Å². The standard InChI is InChI=1S/C6H6Br3N3O6/c7-4(10(13)14)1-5(8,11(15)16)3-6(9,2-4)12(17)18/h1-3H2. The van der Waals surface area contributed by atoms with Crippen molar-refractivity contribution >= 4 is 47.8 Å². The smallest absolute Gasteiger partial charge is 0.263 e. The first-order chi connectivity index (χ1) is 7.95. The molecule has 12 heteroatoms. The van der Waals surface area contributed by atoms with E-state index in [1.165, 1.54) is 0 Å². The van der Waals surface area contributed by atoms with Gasteiger partial charge in [0.1, 0.15) is 19.3 Å². The molecule has 0 radical (unpaired) electrons. The number of nitrogens with zero attached hydrogens (tertiary/aromatic N) is 3. The van der Waals surface area contributed by atoms with Crippen LogP contribution in [0.3, 0.4) is 0 Å². The summed E-state index contributed by atoms with van der Waals surface area (Å²) in [6, 6.07) is 0. The summed E-state index contributed by atoms with van der Waals surface area (Å²) in [6.07, 6.45) is -1.50. The Morgan fingerprint density at radius 2 is 0.833 bits per heavy atom. The van der Waals surface area contributed by atoms with Crippen molar-refractivity contribution in [2.45, 2.75) is 32.6 Å². The number of hydrogen-bond acceptors (Lipinski definition) is 6. The summed E-state index contributed by atoms with van der Waals surface area (Å²) in [6.45, 7) is 0. The molecule has 0 bridgehead atoms. The Morgan fingerprint density at radius 1 is 0.667 bits per heavy atom. The predicted molar refractivity (Wildman–Crippen MR) is 69.8 cm³/mol. The fraction of sp³-hybridized carbons (Fsp3) is 1.00. The molecule has 0 aliphatic heterocycles. The van der Waals surface area contributed by atoms with Crippen molar-refractivity contribution in [3.63, 3.8) is 0 Å². The fourth-order valence-electron chi connectivity index (χ4n) is 1.82. The average Bonchev–Trinajstić information content (AvgIpc) is 2.14. The molecule has 18 heavy (non-hydrogen) atoms. The van der Waals surface area contributed by atoms with Crippen LogP contribution in [0, 0.1) is 30.3 Å². The summed E-state index contributed by atoms with van der Waals surface area (Å²) in [5.41, 5.74) is 0. The Labute approximate surface area is 125 Å². The van der Waals surface area contributed by atoms with E-state index in [4.69, 9.17) is 0 Å². The molecule has 0 aromatic carbocycles. The molecular weight excluding hydrogens is 450 g/mol. The van der Waals surface area contributed by atoms with Gasteiger partial charge in [0.15, 0.2) is 0 Å². The fourth-order valence-corrected chi connectivity index (χ4v) is 5.73. The van der Waals surface area contributed by atoms with Crippen LogP contribution in [0.1, 0.15) is 19.3 Å². The molecule has 0 atom stereocenters. The molecule has 1 aliphatic rings. The van der Waals surface area contributed by atoms with Gasteiger partial charge >= 0.3 is 0 Å². The Bertz CT molecular complexity index is 361. The molecule has 0 saturated heterocycles. The topological polar surface area (TPSA) is 129 Å². The zero-order chi connectivity index (χ0) is 14.4. The van der Waals surface area contributed by atoms with Crippen molar-refractivity contribution in [3.8, 4) is 0 Å². The first kappa shape index (κ1) is 15.7. The zero-order valence-electron chi connectivity index (χ0n) is 8.55. The summed E-state index contributed by atoms with van der Waals surface area (Å²) in [7, 11) is 0. The lowest BCUT2D eigenvalue weighted by Gasteiger charge is -2.35. The molecule has 1 rings (SSSR count). The monoisotopic (exact) mass is 453 g/mol. The Balaban J connectivity index is 3.28. The van der Waals surface area contributed by atoms with Crippen LogP contribution in [-0.4, -0.2) is 28.1 Å². The normalized spacial score (nSPS) is 40.2. The van der Waals surface area contributed by atoms with Crippen LogP contribution in [0.25, 0.3) is 0 Å². The Hall–Kier alpha value is -0.360. The maximum absolute atomic E-state index is 11.0. The molecule has 1 fully saturated rings. The van der Waals surface area contributed by atoms with Crippen molar-refractivity contribution < 1.29 is 14.8 Å². The molecule has 9 nitrogen and oxygen atoms in total. The molecule has 0 aromatic heterocycles. The highest BCUT2D eigenvalue weighted by Gasteiger charge is 2.69. The largest absolute Gasteiger partial charge is 0.290 e. The molecule has 0 aromatic rings. The second kappa shape index (κ2) is 4.63. The van der Waals surface area contributed by atoms with Crippen LogP contribution >= 0.6 is 47.8 Å². The first-order valence-electron chi connectivity index (χ1n) is 4.45. The molecule has 1 aliphatic carbocycles. The van der Waals surface area contributed by atoms with Crippen LogP contribution in [0.4, 0.5) is 0 Å². The number of alkyl halides is 3. The maximum atomic E-state index is 11.0. The molecule has 102 valence electrons. The van der Waals surface area contributed by atoms with Gasteiger partial charge in [-0.25, -0.2) is 0 Å². The highest BCUT2D eigenvalue weighted by Crippen LogP contribution is 2.53. The first-order valence-corrected chi connectivity index (χ1v) is 6.83. The summed E-state index contributed by atoms with van der Waals surface area (Å²) < 4.78 is -5.80. The van der Waals surface area contributed by atoms with Crippen molar-refractivity contribution in [1.29, 1.82) is 0 Å². The minimum absolute atomic E-state index is 0.499. The number of nitro groups is 3. The third-order valence-electron chi connectivity index (χ3n) is 2.61. The summed E-state index contributed by atoms with van der Waals surface area (Å²) in [4.78, 5) is 30.5. The van der Waals surface area contributed by atoms with E-state index in [0.29, 0.717) is 0 Å². The van der Waals surface area contributed by atoms with E-state index in [-0.39, 0.29) is 0 Å². The van der Waals surface area contributed by atoms with Gasteiger partial charge in [-0.15, -0.1) is 0 Å². The minimum atomic E-state index is -1.93. The Kier molecular flexibility index (Phi) is 4.04. The average molecular weight is 456 g/mol. The zero-order valence-corrected chi connectivity index (χ0v) is 13.3. The van der Waals surface area contributed by atoms with E-state index in [0.717, 1.165) is 0 Å².